The van der Waals surface area contributed by atoms with E-state index >= 15 is 0 Å². The minimum absolute atomic E-state index is 0.0837. The van der Waals surface area contributed by atoms with E-state index in [9.17, 15) is 18.0 Å². The minimum atomic E-state index is -3.90. The van der Waals surface area contributed by atoms with Gasteiger partial charge in [0.2, 0.25) is 21.8 Å². The molecule has 0 aromatic heterocycles. The predicted octanol–water partition coefficient (Wildman–Crippen LogP) is 4.85. The summed E-state index contributed by atoms with van der Waals surface area (Å²) in [6.07, 6.45) is 0.978. The molecule has 1 atom stereocenters. The Morgan fingerprint density at radius 3 is 2.21 bits per heavy atom. The molecule has 0 fully saturated rings. The summed E-state index contributed by atoms with van der Waals surface area (Å²) in [7, 11) is -3.90. The lowest BCUT2D eigenvalue weighted by Crippen LogP contribution is -2.54. The standard InChI is InChI=1S/C23H28BrCl2N3O4S/c1-15(22(31)27-23(2,3)4)28(13-16-6-8-17(24)9-7-16)21(30)14-29(34(5,32)33)20-12-18(25)10-11-19(20)26/h6-12,15H,13-14H2,1-5H3,(H,27,31)/t15-/m0/s1. The first kappa shape index (κ1) is 28.4. The van der Waals surface area contributed by atoms with Crippen molar-refractivity contribution in [3.05, 3.63) is 62.5 Å². The molecule has 1 N–H and O–H groups in total. The number of sulfonamides is 1. The Hall–Kier alpha value is -1.81. The van der Waals surface area contributed by atoms with Gasteiger partial charge < -0.3 is 10.2 Å². The third-order valence-electron chi connectivity index (χ3n) is 4.79. The van der Waals surface area contributed by atoms with Gasteiger partial charge in [-0.25, -0.2) is 8.42 Å². The maximum absolute atomic E-state index is 13.5. The van der Waals surface area contributed by atoms with E-state index in [1.54, 1.807) is 6.92 Å². The maximum atomic E-state index is 13.5. The summed E-state index contributed by atoms with van der Waals surface area (Å²) in [5.74, 6) is -0.925. The Labute approximate surface area is 219 Å². The fraction of sp³-hybridized carbons (Fsp3) is 0.391. The lowest BCUT2D eigenvalue weighted by molar-refractivity contribution is -0.140. The second-order valence-corrected chi connectivity index (χ2v) is 12.6. The van der Waals surface area contributed by atoms with E-state index in [1.165, 1.54) is 23.1 Å². The summed E-state index contributed by atoms with van der Waals surface area (Å²) in [6.45, 7) is 6.67. The van der Waals surface area contributed by atoms with Crippen molar-refractivity contribution < 1.29 is 18.0 Å². The molecular weight excluding hydrogens is 565 g/mol. The average Bonchev–Trinajstić information content (AvgIpc) is 2.70. The van der Waals surface area contributed by atoms with Crippen molar-refractivity contribution in [2.24, 2.45) is 0 Å². The molecule has 2 amide bonds. The van der Waals surface area contributed by atoms with Crippen molar-refractivity contribution in [3.63, 3.8) is 0 Å². The smallest absolute Gasteiger partial charge is 0.244 e. The highest BCUT2D eigenvalue weighted by molar-refractivity contribution is 9.10. The summed E-state index contributed by atoms with van der Waals surface area (Å²) in [5.41, 5.74) is 0.351. The molecule has 2 aromatic rings. The number of benzene rings is 2. The van der Waals surface area contributed by atoms with Crippen LogP contribution in [0, 0.1) is 0 Å². The Kier molecular flexibility index (Phi) is 9.44. The molecule has 0 radical (unpaired) electrons. The van der Waals surface area contributed by atoms with Gasteiger partial charge in [0, 0.05) is 21.6 Å². The molecule has 0 aliphatic carbocycles. The van der Waals surface area contributed by atoms with Gasteiger partial charge in [-0.2, -0.15) is 0 Å². The van der Waals surface area contributed by atoms with Crippen LogP contribution in [0.25, 0.3) is 0 Å². The van der Waals surface area contributed by atoms with Crippen LogP contribution in [0.15, 0.2) is 46.9 Å². The first-order chi connectivity index (χ1) is 15.6. The third-order valence-corrected chi connectivity index (χ3v) is 7.00. The van der Waals surface area contributed by atoms with Crippen molar-refractivity contribution in [1.82, 2.24) is 10.2 Å². The normalized spacial score (nSPS) is 12.7. The highest BCUT2D eigenvalue weighted by Gasteiger charge is 2.32. The molecule has 0 saturated carbocycles. The summed E-state index contributed by atoms with van der Waals surface area (Å²) < 4.78 is 27.0. The number of nitrogens with one attached hydrogen (secondary N) is 1. The summed E-state index contributed by atoms with van der Waals surface area (Å²) >= 11 is 15.7. The Morgan fingerprint density at radius 1 is 1.09 bits per heavy atom. The van der Waals surface area contributed by atoms with Gasteiger partial charge in [0.1, 0.15) is 12.6 Å². The Morgan fingerprint density at radius 2 is 1.68 bits per heavy atom. The Balaban J connectivity index is 2.44. The number of carbonyl (C=O) groups is 2. The molecule has 2 rings (SSSR count). The van der Waals surface area contributed by atoms with Crippen LogP contribution in [0.4, 0.5) is 5.69 Å². The Bertz CT molecular complexity index is 1150. The van der Waals surface area contributed by atoms with Crippen molar-refractivity contribution >= 4 is 66.7 Å². The molecule has 0 unspecified atom stereocenters. The van der Waals surface area contributed by atoms with Crippen LogP contribution in [0.2, 0.25) is 10.0 Å². The van der Waals surface area contributed by atoms with Gasteiger partial charge in [-0.05, 0) is 63.6 Å². The highest BCUT2D eigenvalue weighted by atomic mass is 79.9. The first-order valence-corrected chi connectivity index (χ1v) is 13.8. The van der Waals surface area contributed by atoms with E-state index in [1.807, 2.05) is 45.0 Å². The summed E-state index contributed by atoms with van der Waals surface area (Å²) in [5, 5.41) is 3.26. The highest BCUT2D eigenvalue weighted by Crippen LogP contribution is 2.31. The monoisotopic (exact) mass is 591 g/mol. The summed E-state index contributed by atoms with van der Waals surface area (Å²) in [6, 6.07) is 10.8. The van der Waals surface area contributed by atoms with Gasteiger partial charge in [0.05, 0.1) is 17.0 Å². The number of halogens is 3. The van der Waals surface area contributed by atoms with E-state index in [0.29, 0.717) is 0 Å². The predicted molar refractivity (Wildman–Crippen MR) is 141 cm³/mol. The number of anilines is 1. The second-order valence-electron chi connectivity index (χ2n) is 8.93. The molecule has 0 spiro atoms. The van der Waals surface area contributed by atoms with Crippen molar-refractivity contribution in [2.75, 3.05) is 17.1 Å². The van der Waals surface area contributed by atoms with Crippen LogP contribution < -0.4 is 9.62 Å². The molecule has 2 aromatic carbocycles. The van der Waals surface area contributed by atoms with Crippen molar-refractivity contribution in [3.8, 4) is 0 Å². The fourth-order valence-electron chi connectivity index (χ4n) is 3.11. The average molecular weight is 593 g/mol. The molecule has 0 bridgehead atoms. The van der Waals surface area contributed by atoms with E-state index in [4.69, 9.17) is 23.2 Å². The molecule has 0 saturated heterocycles. The maximum Gasteiger partial charge on any atom is 0.244 e. The number of rotatable bonds is 8. The summed E-state index contributed by atoms with van der Waals surface area (Å²) in [4.78, 5) is 27.8. The van der Waals surface area contributed by atoms with E-state index < -0.39 is 34.1 Å². The van der Waals surface area contributed by atoms with Gasteiger partial charge in [-0.15, -0.1) is 0 Å². The van der Waals surface area contributed by atoms with Gasteiger partial charge in [0.25, 0.3) is 0 Å². The quantitative estimate of drug-likeness (QED) is 0.474. The molecule has 0 aliphatic heterocycles. The molecule has 0 aliphatic rings. The molecule has 7 nitrogen and oxygen atoms in total. The van der Waals surface area contributed by atoms with Crippen LogP contribution in [0.5, 0.6) is 0 Å². The zero-order chi connectivity index (χ0) is 25.8. The van der Waals surface area contributed by atoms with Crippen LogP contribution in [0.1, 0.15) is 33.3 Å². The van der Waals surface area contributed by atoms with Crippen LogP contribution in [0.3, 0.4) is 0 Å². The van der Waals surface area contributed by atoms with Crippen molar-refractivity contribution in [1.29, 1.82) is 0 Å². The number of hydrogen-bond donors (Lipinski definition) is 1. The SMILES string of the molecule is C[C@@H](C(=O)NC(C)(C)C)N(Cc1ccc(Br)cc1)C(=O)CN(c1cc(Cl)ccc1Cl)S(C)(=O)=O. The van der Waals surface area contributed by atoms with Crippen LogP contribution in [-0.2, 0) is 26.2 Å². The van der Waals surface area contributed by atoms with Crippen LogP contribution >= 0.6 is 39.1 Å². The van der Waals surface area contributed by atoms with Gasteiger partial charge in [-0.1, -0.05) is 51.3 Å². The molecule has 0 heterocycles. The van der Waals surface area contributed by atoms with Crippen LogP contribution in [-0.4, -0.2) is 49.5 Å². The van der Waals surface area contributed by atoms with E-state index in [-0.39, 0.29) is 28.2 Å². The lowest BCUT2D eigenvalue weighted by Gasteiger charge is -2.33. The third kappa shape index (κ3) is 8.15. The molecule has 186 valence electrons. The zero-order valence-corrected chi connectivity index (χ0v) is 23.5. The number of nitrogens with zero attached hydrogens (tertiary/aromatic N) is 2. The number of amides is 2. The van der Waals surface area contributed by atoms with E-state index in [0.717, 1.165) is 20.6 Å². The van der Waals surface area contributed by atoms with Crippen molar-refractivity contribution in [2.45, 2.75) is 45.8 Å². The molecule has 34 heavy (non-hydrogen) atoms. The largest absolute Gasteiger partial charge is 0.350 e. The topological polar surface area (TPSA) is 86.8 Å². The lowest BCUT2D eigenvalue weighted by atomic mass is 10.1. The minimum Gasteiger partial charge on any atom is -0.350 e. The van der Waals surface area contributed by atoms with Gasteiger partial charge in [-0.3, -0.25) is 13.9 Å². The van der Waals surface area contributed by atoms with E-state index in [2.05, 4.69) is 21.2 Å². The number of carbonyl (C=O) groups excluding carboxylic acids is 2. The zero-order valence-electron chi connectivity index (χ0n) is 19.6. The first-order valence-electron chi connectivity index (χ1n) is 10.4. The second kappa shape index (κ2) is 11.3. The number of hydrogen-bond acceptors (Lipinski definition) is 4. The van der Waals surface area contributed by atoms with Gasteiger partial charge in [0.15, 0.2) is 0 Å². The molecule has 11 heteroatoms. The molecular formula is C23H28BrCl2N3O4S. The fourth-order valence-corrected chi connectivity index (χ4v) is 4.67. The van der Waals surface area contributed by atoms with Gasteiger partial charge >= 0.3 is 0 Å².